The van der Waals surface area contributed by atoms with Crippen molar-refractivity contribution in [2.24, 2.45) is 4.99 Å². The zero-order chi connectivity index (χ0) is 22.9. The predicted molar refractivity (Wildman–Crippen MR) is 133 cm³/mol. The van der Waals surface area contributed by atoms with E-state index >= 15 is 0 Å². The second kappa shape index (κ2) is 11.5. The first kappa shape index (κ1) is 22.8. The highest BCUT2D eigenvalue weighted by molar-refractivity contribution is 5.79. The lowest BCUT2D eigenvalue weighted by Crippen LogP contribution is -2.44. The van der Waals surface area contributed by atoms with Crippen LogP contribution in [0.5, 0.6) is 0 Å². The summed E-state index contributed by atoms with van der Waals surface area (Å²) in [5, 5.41) is 11.1. The highest BCUT2D eigenvalue weighted by atomic mass is 15.3. The van der Waals surface area contributed by atoms with E-state index in [1.54, 1.807) is 0 Å². The number of benzene rings is 1. The quantitative estimate of drug-likeness (QED) is 0.409. The molecule has 0 aliphatic carbocycles. The van der Waals surface area contributed by atoms with Gasteiger partial charge in [-0.05, 0) is 42.8 Å². The fourth-order valence-corrected chi connectivity index (χ4v) is 3.88. The summed E-state index contributed by atoms with van der Waals surface area (Å²) in [7, 11) is 2.17. The van der Waals surface area contributed by atoms with Gasteiger partial charge < -0.3 is 20.4 Å². The van der Waals surface area contributed by atoms with Crippen LogP contribution in [0, 0.1) is 0 Å². The lowest BCUT2D eigenvalue weighted by Gasteiger charge is -2.33. The molecule has 174 valence electrons. The molecular weight excluding hydrogens is 412 g/mol. The highest BCUT2D eigenvalue weighted by Gasteiger charge is 2.15. The second-order valence-corrected chi connectivity index (χ2v) is 8.34. The molecule has 0 bridgehead atoms. The Bertz CT molecular complexity index is 1010. The molecule has 0 unspecified atom stereocenters. The number of nitrogens with one attached hydrogen (secondary N) is 2. The van der Waals surface area contributed by atoms with Gasteiger partial charge >= 0.3 is 0 Å². The summed E-state index contributed by atoms with van der Waals surface area (Å²) < 4.78 is 1.94. The molecule has 1 aromatic carbocycles. The Morgan fingerprint density at radius 2 is 1.82 bits per heavy atom. The summed E-state index contributed by atoms with van der Waals surface area (Å²) >= 11 is 0. The molecule has 3 aromatic rings. The summed E-state index contributed by atoms with van der Waals surface area (Å²) in [6.45, 7) is 9.13. The fraction of sp³-hybridized carbons (Fsp3) is 0.400. The van der Waals surface area contributed by atoms with Gasteiger partial charge in [-0.25, -0.2) is 9.98 Å². The van der Waals surface area contributed by atoms with Crippen LogP contribution >= 0.6 is 0 Å². The van der Waals surface area contributed by atoms with E-state index in [-0.39, 0.29) is 0 Å². The Hall–Kier alpha value is -3.39. The zero-order valence-corrected chi connectivity index (χ0v) is 19.6. The van der Waals surface area contributed by atoms with Gasteiger partial charge in [0.2, 0.25) is 0 Å². The molecule has 0 amide bonds. The molecule has 1 aliphatic rings. The van der Waals surface area contributed by atoms with E-state index in [1.807, 2.05) is 29.3 Å². The number of guanidine groups is 1. The second-order valence-electron chi connectivity index (χ2n) is 8.34. The Morgan fingerprint density at radius 3 is 2.52 bits per heavy atom. The molecule has 2 N–H and O–H groups in total. The maximum atomic E-state index is 4.77. The highest BCUT2D eigenvalue weighted by Crippen LogP contribution is 2.14. The van der Waals surface area contributed by atoms with E-state index in [0.29, 0.717) is 13.1 Å². The van der Waals surface area contributed by atoms with Crippen molar-refractivity contribution in [1.29, 1.82) is 0 Å². The van der Waals surface area contributed by atoms with Gasteiger partial charge in [-0.15, -0.1) is 0 Å². The van der Waals surface area contributed by atoms with Gasteiger partial charge in [0.15, 0.2) is 5.96 Å². The minimum Gasteiger partial charge on any atom is -0.357 e. The molecule has 0 spiro atoms. The van der Waals surface area contributed by atoms with Crippen LogP contribution in [0.15, 0.2) is 66.0 Å². The first-order valence-corrected chi connectivity index (χ1v) is 11.7. The third-order valence-electron chi connectivity index (χ3n) is 5.86. The van der Waals surface area contributed by atoms with Crippen molar-refractivity contribution in [3.8, 4) is 0 Å². The van der Waals surface area contributed by atoms with Crippen molar-refractivity contribution >= 4 is 11.8 Å². The molecular formula is C25H34N8. The van der Waals surface area contributed by atoms with Gasteiger partial charge in [0, 0.05) is 57.9 Å². The summed E-state index contributed by atoms with van der Waals surface area (Å²) in [5.41, 5.74) is 3.58. The number of pyridine rings is 1. The number of anilines is 1. The number of rotatable bonds is 8. The van der Waals surface area contributed by atoms with Gasteiger partial charge in [0.05, 0.1) is 13.1 Å². The van der Waals surface area contributed by atoms with E-state index in [1.165, 1.54) is 11.1 Å². The molecule has 4 rings (SSSR count). The number of aliphatic imine (C=N–C) groups is 1. The minimum atomic E-state index is 0.584. The van der Waals surface area contributed by atoms with Crippen molar-refractivity contribution in [3.05, 3.63) is 77.7 Å². The lowest BCUT2D eigenvalue weighted by molar-refractivity contribution is 0.312. The molecule has 1 fully saturated rings. The molecule has 1 saturated heterocycles. The molecule has 0 radical (unpaired) electrons. The molecule has 1 aliphatic heterocycles. The van der Waals surface area contributed by atoms with E-state index in [9.17, 15) is 0 Å². The van der Waals surface area contributed by atoms with Crippen molar-refractivity contribution in [1.82, 2.24) is 30.3 Å². The Kier molecular flexibility index (Phi) is 7.92. The molecule has 8 heteroatoms. The number of likely N-dealkylation sites (N-methyl/N-ethyl adjacent to an activating group) is 1. The van der Waals surface area contributed by atoms with Crippen LogP contribution < -0.4 is 15.5 Å². The normalized spacial score (nSPS) is 15.0. The van der Waals surface area contributed by atoms with Crippen LogP contribution in [0.3, 0.4) is 0 Å². The van der Waals surface area contributed by atoms with Crippen molar-refractivity contribution < 1.29 is 0 Å². The Morgan fingerprint density at radius 1 is 1.00 bits per heavy atom. The monoisotopic (exact) mass is 446 g/mol. The predicted octanol–water partition coefficient (Wildman–Crippen LogP) is 2.33. The lowest BCUT2D eigenvalue weighted by atomic mass is 10.1. The molecule has 3 heterocycles. The van der Waals surface area contributed by atoms with Crippen LogP contribution in [0.1, 0.15) is 23.6 Å². The van der Waals surface area contributed by atoms with Gasteiger partial charge in [-0.2, -0.15) is 5.10 Å². The number of nitrogens with zero attached hydrogens (tertiary/aromatic N) is 6. The van der Waals surface area contributed by atoms with Crippen molar-refractivity contribution in [2.75, 3.05) is 44.7 Å². The Labute approximate surface area is 196 Å². The third kappa shape index (κ3) is 6.55. The fourth-order valence-electron chi connectivity index (χ4n) is 3.88. The van der Waals surface area contributed by atoms with Gasteiger partial charge in [-0.1, -0.05) is 30.3 Å². The van der Waals surface area contributed by atoms with Crippen LogP contribution in [0.2, 0.25) is 0 Å². The van der Waals surface area contributed by atoms with Crippen molar-refractivity contribution in [2.45, 2.75) is 26.6 Å². The Balaban J connectivity index is 1.35. The van der Waals surface area contributed by atoms with E-state index in [2.05, 4.69) is 80.9 Å². The molecule has 0 saturated carbocycles. The van der Waals surface area contributed by atoms with E-state index < -0.39 is 0 Å². The maximum absolute atomic E-state index is 4.77. The van der Waals surface area contributed by atoms with E-state index in [4.69, 9.17) is 4.99 Å². The summed E-state index contributed by atoms with van der Waals surface area (Å²) in [5.74, 6) is 1.85. The first-order chi connectivity index (χ1) is 16.2. The number of aromatic nitrogens is 3. The first-order valence-electron chi connectivity index (χ1n) is 11.7. The topological polar surface area (TPSA) is 73.6 Å². The SMILES string of the molecule is CCNC(=NCc1ccc(N2CCN(C)CC2)nc1)NCc1ccccc1Cn1cccn1. The standard InChI is InChI=1S/C25H34N8/c1-3-26-25(29-19-22-7-4-5-8-23(22)20-33-12-6-11-30-33)28-18-21-9-10-24(27-17-21)32-15-13-31(2)14-16-32/h4-12,17H,3,13-16,18-20H2,1-2H3,(H2,26,28,29). The number of hydrogen-bond donors (Lipinski definition) is 2. The average molecular weight is 447 g/mol. The van der Waals surface area contributed by atoms with Crippen LogP contribution in [0.25, 0.3) is 0 Å². The molecule has 8 nitrogen and oxygen atoms in total. The van der Waals surface area contributed by atoms with Crippen molar-refractivity contribution in [3.63, 3.8) is 0 Å². The number of hydrogen-bond acceptors (Lipinski definition) is 5. The molecule has 0 atom stereocenters. The van der Waals surface area contributed by atoms with Gasteiger partial charge in [0.1, 0.15) is 5.82 Å². The summed E-state index contributed by atoms with van der Waals surface area (Å²) in [6.07, 6.45) is 5.74. The summed E-state index contributed by atoms with van der Waals surface area (Å²) in [6, 6.07) is 14.6. The third-order valence-corrected chi connectivity index (χ3v) is 5.86. The van der Waals surface area contributed by atoms with E-state index in [0.717, 1.165) is 56.6 Å². The van der Waals surface area contributed by atoms with Crippen LogP contribution in [-0.4, -0.2) is 65.4 Å². The molecule has 2 aromatic heterocycles. The smallest absolute Gasteiger partial charge is 0.191 e. The minimum absolute atomic E-state index is 0.584. The molecule has 33 heavy (non-hydrogen) atoms. The van der Waals surface area contributed by atoms with Crippen LogP contribution in [0.4, 0.5) is 5.82 Å². The zero-order valence-electron chi connectivity index (χ0n) is 19.6. The maximum Gasteiger partial charge on any atom is 0.191 e. The largest absolute Gasteiger partial charge is 0.357 e. The van der Waals surface area contributed by atoms with Gasteiger partial charge in [-0.3, -0.25) is 4.68 Å². The summed E-state index contributed by atoms with van der Waals surface area (Å²) in [4.78, 5) is 14.2. The number of piperazine rings is 1. The van der Waals surface area contributed by atoms with Gasteiger partial charge in [0.25, 0.3) is 0 Å². The average Bonchev–Trinajstić information content (AvgIpc) is 3.36. The van der Waals surface area contributed by atoms with Crippen LogP contribution in [-0.2, 0) is 19.6 Å².